The lowest BCUT2D eigenvalue weighted by Crippen LogP contribution is -2.28. The molecule has 4 rings (SSSR count). The van der Waals surface area contributed by atoms with E-state index in [4.69, 9.17) is 11.6 Å². The van der Waals surface area contributed by atoms with Crippen molar-refractivity contribution in [2.24, 2.45) is 0 Å². The zero-order valence-corrected chi connectivity index (χ0v) is 20.1. The van der Waals surface area contributed by atoms with Gasteiger partial charge in [-0.25, -0.2) is 13.1 Å². The SMILES string of the molecule is CCC(NS(=O)(=O)c1ccc2c(c1)sc(=O)n2Cc1ccc(Cl)cc1)c1ccccc1C. The van der Waals surface area contributed by atoms with Crippen LogP contribution < -0.4 is 9.60 Å². The summed E-state index contributed by atoms with van der Waals surface area (Å²) in [5.74, 6) is 0. The Hall–Kier alpha value is -2.45. The summed E-state index contributed by atoms with van der Waals surface area (Å²) in [7, 11) is -3.76. The highest BCUT2D eigenvalue weighted by Gasteiger charge is 2.22. The minimum Gasteiger partial charge on any atom is -0.294 e. The van der Waals surface area contributed by atoms with Gasteiger partial charge in [-0.1, -0.05) is 66.3 Å². The number of fused-ring (bicyclic) bond motifs is 1. The van der Waals surface area contributed by atoms with E-state index in [2.05, 4.69) is 4.72 Å². The Bertz CT molecular complexity index is 1420. The number of rotatable bonds is 7. The molecule has 3 aromatic carbocycles. The van der Waals surface area contributed by atoms with Crippen LogP contribution in [0, 0.1) is 6.92 Å². The fourth-order valence-corrected chi connectivity index (χ4v) is 6.19. The van der Waals surface area contributed by atoms with Crippen molar-refractivity contribution in [1.29, 1.82) is 0 Å². The van der Waals surface area contributed by atoms with Gasteiger partial charge in [-0.05, 0) is 60.4 Å². The number of halogens is 1. The van der Waals surface area contributed by atoms with Crippen molar-refractivity contribution in [3.05, 3.63) is 98.1 Å². The average molecular weight is 487 g/mol. The second-order valence-corrected chi connectivity index (χ2v) is 10.8. The summed E-state index contributed by atoms with van der Waals surface area (Å²) >= 11 is 6.99. The topological polar surface area (TPSA) is 68.2 Å². The molecule has 166 valence electrons. The number of nitrogens with zero attached hydrogens (tertiary/aromatic N) is 1. The van der Waals surface area contributed by atoms with E-state index in [9.17, 15) is 13.2 Å². The van der Waals surface area contributed by atoms with Crippen molar-refractivity contribution in [2.45, 2.75) is 37.8 Å². The molecular weight excluding hydrogens is 464 g/mol. The lowest BCUT2D eigenvalue weighted by atomic mass is 10.0. The molecule has 1 N–H and O–H groups in total. The molecule has 0 aliphatic carbocycles. The smallest absolute Gasteiger partial charge is 0.294 e. The second kappa shape index (κ2) is 9.19. The predicted octanol–water partition coefficient (Wildman–Crippen LogP) is 5.50. The van der Waals surface area contributed by atoms with E-state index in [0.29, 0.717) is 28.2 Å². The van der Waals surface area contributed by atoms with Crippen LogP contribution in [0.5, 0.6) is 0 Å². The molecular formula is C24H23ClN2O3S2. The summed E-state index contributed by atoms with van der Waals surface area (Å²) in [4.78, 5) is 12.6. The maximum Gasteiger partial charge on any atom is 0.308 e. The van der Waals surface area contributed by atoms with Crippen LogP contribution in [0.25, 0.3) is 10.2 Å². The molecule has 0 fully saturated rings. The Morgan fingerprint density at radius 2 is 1.78 bits per heavy atom. The first-order valence-electron chi connectivity index (χ1n) is 10.2. The van der Waals surface area contributed by atoms with E-state index in [1.807, 2.05) is 50.2 Å². The molecule has 1 unspecified atom stereocenters. The lowest BCUT2D eigenvalue weighted by Gasteiger charge is -2.19. The first-order chi connectivity index (χ1) is 15.3. The number of hydrogen-bond acceptors (Lipinski definition) is 4. The maximum absolute atomic E-state index is 13.1. The van der Waals surface area contributed by atoms with E-state index in [-0.39, 0.29) is 15.8 Å². The Labute approximate surface area is 196 Å². The first-order valence-corrected chi connectivity index (χ1v) is 12.9. The molecule has 0 amide bonds. The third-order valence-electron chi connectivity index (χ3n) is 5.47. The van der Waals surface area contributed by atoms with E-state index in [1.165, 1.54) is 0 Å². The quantitative estimate of drug-likeness (QED) is 0.375. The van der Waals surface area contributed by atoms with Crippen molar-refractivity contribution >= 4 is 43.2 Å². The molecule has 0 aliphatic heterocycles. The minimum absolute atomic E-state index is 0.135. The molecule has 8 heteroatoms. The zero-order chi connectivity index (χ0) is 22.9. The van der Waals surface area contributed by atoms with E-state index >= 15 is 0 Å². The predicted molar refractivity (Wildman–Crippen MR) is 131 cm³/mol. The van der Waals surface area contributed by atoms with Gasteiger partial charge in [0.1, 0.15) is 0 Å². The van der Waals surface area contributed by atoms with Crippen molar-refractivity contribution in [1.82, 2.24) is 9.29 Å². The van der Waals surface area contributed by atoms with E-state index < -0.39 is 10.0 Å². The van der Waals surface area contributed by atoms with Crippen molar-refractivity contribution in [3.8, 4) is 0 Å². The number of nitrogens with one attached hydrogen (secondary N) is 1. The molecule has 5 nitrogen and oxygen atoms in total. The second-order valence-electron chi connectivity index (χ2n) is 7.65. The number of aromatic nitrogens is 1. The van der Waals surface area contributed by atoms with Gasteiger partial charge in [-0.3, -0.25) is 9.36 Å². The summed E-state index contributed by atoms with van der Waals surface area (Å²) < 4.78 is 31.4. The summed E-state index contributed by atoms with van der Waals surface area (Å²) in [5, 5.41) is 0.634. The third-order valence-corrected chi connectivity index (χ3v) is 8.14. The lowest BCUT2D eigenvalue weighted by molar-refractivity contribution is 0.549. The molecule has 1 aromatic heterocycles. The van der Waals surface area contributed by atoms with Gasteiger partial charge in [-0.15, -0.1) is 0 Å². The number of benzene rings is 3. The Balaban J connectivity index is 1.65. The van der Waals surface area contributed by atoms with Crippen LogP contribution in [0.15, 0.2) is 76.4 Å². The molecule has 0 bridgehead atoms. The number of aryl methyl sites for hydroxylation is 1. The van der Waals surface area contributed by atoms with E-state index in [1.54, 1.807) is 34.9 Å². The van der Waals surface area contributed by atoms with Crippen LogP contribution in [-0.4, -0.2) is 13.0 Å². The molecule has 1 atom stereocenters. The minimum atomic E-state index is -3.76. The number of thiazole rings is 1. The summed E-state index contributed by atoms with van der Waals surface area (Å²) in [6, 6.07) is 19.6. The third kappa shape index (κ3) is 4.66. The highest BCUT2D eigenvalue weighted by atomic mass is 35.5. The standard InChI is InChI=1S/C24H23ClN2O3S2/c1-3-21(20-7-5-4-6-16(20)2)26-32(29,30)19-12-13-22-23(14-19)31-24(28)27(22)15-17-8-10-18(25)11-9-17/h4-14,21,26H,3,15H2,1-2H3. The van der Waals surface area contributed by atoms with Gasteiger partial charge in [0.2, 0.25) is 10.0 Å². The average Bonchev–Trinajstić information content (AvgIpc) is 3.08. The largest absolute Gasteiger partial charge is 0.308 e. The van der Waals surface area contributed by atoms with Gasteiger partial charge in [0.15, 0.2) is 0 Å². The molecule has 0 saturated heterocycles. The Morgan fingerprint density at radius 1 is 1.06 bits per heavy atom. The molecule has 0 spiro atoms. The van der Waals surface area contributed by atoms with Gasteiger partial charge in [0.25, 0.3) is 0 Å². The fourth-order valence-electron chi connectivity index (χ4n) is 3.74. The molecule has 4 aromatic rings. The first kappa shape index (κ1) is 22.7. The number of hydrogen-bond donors (Lipinski definition) is 1. The summed E-state index contributed by atoms with van der Waals surface area (Å²) in [6.45, 7) is 4.32. The summed E-state index contributed by atoms with van der Waals surface area (Å²) in [6.07, 6.45) is 0.622. The number of sulfonamides is 1. The van der Waals surface area contributed by atoms with Gasteiger partial charge >= 0.3 is 4.87 Å². The van der Waals surface area contributed by atoms with Crippen LogP contribution in [0.4, 0.5) is 0 Å². The molecule has 0 saturated carbocycles. The van der Waals surface area contributed by atoms with Crippen LogP contribution in [0.1, 0.15) is 36.1 Å². The molecule has 32 heavy (non-hydrogen) atoms. The van der Waals surface area contributed by atoms with Crippen LogP contribution in [0.3, 0.4) is 0 Å². The monoisotopic (exact) mass is 486 g/mol. The molecule has 1 heterocycles. The maximum atomic E-state index is 13.1. The normalized spacial score (nSPS) is 12.8. The Kier molecular flexibility index (Phi) is 6.53. The highest BCUT2D eigenvalue weighted by molar-refractivity contribution is 7.89. The van der Waals surface area contributed by atoms with Gasteiger partial charge in [0.05, 0.1) is 21.7 Å². The van der Waals surface area contributed by atoms with Crippen molar-refractivity contribution in [3.63, 3.8) is 0 Å². The highest BCUT2D eigenvalue weighted by Crippen LogP contribution is 2.26. The van der Waals surface area contributed by atoms with Gasteiger partial charge in [-0.2, -0.15) is 0 Å². The van der Waals surface area contributed by atoms with E-state index in [0.717, 1.165) is 28.0 Å². The van der Waals surface area contributed by atoms with Crippen molar-refractivity contribution in [2.75, 3.05) is 0 Å². The van der Waals surface area contributed by atoms with Crippen LogP contribution in [-0.2, 0) is 16.6 Å². The van der Waals surface area contributed by atoms with Gasteiger partial charge in [0, 0.05) is 11.1 Å². The Morgan fingerprint density at radius 3 is 2.47 bits per heavy atom. The van der Waals surface area contributed by atoms with Crippen LogP contribution in [0.2, 0.25) is 5.02 Å². The van der Waals surface area contributed by atoms with Gasteiger partial charge < -0.3 is 0 Å². The molecule has 0 radical (unpaired) electrons. The zero-order valence-electron chi connectivity index (χ0n) is 17.7. The summed E-state index contributed by atoms with van der Waals surface area (Å²) in [5.41, 5.74) is 3.65. The van der Waals surface area contributed by atoms with Crippen molar-refractivity contribution < 1.29 is 8.42 Å². The van der Waals surface area contributed by atoms with Crippen LogP contribution >= 0.6 is 22.9 Å². The molecule has 0 aliphatic rings. The fraction of sp³-hybridized carbons (Fsp3) is 0.208.